The molecule has 0 radical (unpaired) electrons. The standard InChI is InChI=1S/C25H28O8/c1-22(2)15-9-13(26)18-17(23(15,3)7-5-16(28)32-22)14(27)10-24(4)19(12-6-8-30-11-12)31-21(29)20-25(18,24)33-20/h5-8,11,14-15,17-20,27H,9-10H2,1-4H3/t14-,15-,17-,18+,19-,20+,23-,24-,25+/m0/s1. The molecule has 0 bridgehead atoms. The van der Waals surface area contributed by atoms with Crippen LogP contribution in [-0.2, 0) is 28.6 Å². The molecular weight excluding hydrogens is 428 g/mol. The van der Waals surface area contributed by atoms with Crippen molar-refractivity contribution < 1.29 is 38.1 Å². The topological polar surface area (TPSA) is 116 Å². The van der Waals surface area contributed by atoms with Gasteiger partial charge >= 0.3 is 11.9 Å². The number of esters is 2. The number of allylic oxidation sites excluding steroid dienone is 1. The molecule has 33 heavy (non-hydrogen) atoms. The van der Waals surface area contributed by atoms with Crippen molar-refractivity contribution in [1.29, 1.82) is 0 Å². The molecule has 8 heteroatoms. The van der Waals surface area contributed by atoms with Crippen LogP contribution in [0.3, 0.4) is 0 Å². The maximum absolute atomic E-state index is 13.9. The van der Waals surface area contributed by atoms with E-state index in [4.69, 9.17) is 18.6 Å². The number of epoxide rings is 1. The van der Waals surface area contributed by atoms with Crippen molar-refractivity contribution in [2.45, 2.75) is 70.1 Å². The molecule has 4 fully saturated rings. The second kappa shape index (κ2) is 6.16. The van der Waals surface area contributed by atoms with E-state index in [9.17, 15) is 19.5 Å². The Balaban J connectivity index is 1.52. The molecule has 176 valence electrons. The van der Waals surface area contributed by atoms with Crippen LogP contribution in [0.15, 0.2) is 35.2 Å². The highest BCUT2D eigenvalue weighted by molar-refractivity contribution is 5.91. The highest BCUT2D eigenvalue weighted by Gasteiger charge is 2.85. The van der Waals surface area contributed by atoms with Gasteiger partial charge in [0.05, 0.1) is 24.5 Å². The van der Waals surface area contributed by atoms with Gasteiger partial charge in [-0.15, -0.1) is 0 Å². The fraction of sp³-hybridized carbons (Fsp3) is 0.640. The number of ketones is 1. The van der Waals surface area contributed by atoms with Crippen LogP contribution >= 0.6 is 0 Å². The second-order valence-corrected chi connectivity index (χ2v) is 11.3. The van der Waals surface area contributed by atoms with Gasteiger partial charge in [-0.25, -0.2) is 9.59 Å². The normalized spacial score (nSPS) is 49.5. The highest BCUT2D eigenvalue weighted by Crippen LogP contribution is 2.74. The molecule has 1 aromatic rings. The number of rotatable bonds is 1. The summed E-state index contributed by atoms with van der Waals surface area (Å²) in [6, 6.07) is 1.73. The lowest BCUT2D eigenvalue weighted by Crippen LogP contribution is -2.69. The monoisotopic (exact) mass is 456 g/mol. The second-order valence-electron chi connectivity index (χ2n) is 11.3. The fourth-order valence-electron chi connectivity index (χ4n) is 7.93. The minimum atomic E-state index is -1.08. The van der Waals surface area contributed by atoms with Gasteiger partial charge in [0.25, 0.3) is 0 Å². The van der Waals surface area contributed by atoms with Crippen LogP contribution in [0.25, 0.3) is 0 Å². The number of ether oxygens (including phenoxy) is 3. The lowest BCUT2D eigenvalue weighted by Gasteiger charge is -2.61. The first-order valence-electron chi connectivity index (χ1n) is 11.5. The van der Waals surface area contributed by atoms with E-state index in [0.717, 1.165) is 0 Å². The minimum absolute atomic E-state index is 0.0741. The third-order valence-electron chi connectivity index (χ3n) is 9.28. The molecule has 2 saturated heterocycles. The van der Waals surface area contributed by atoms with E-state index >= 15 is 0 Å². The number of Topliss-reactive ketones (excluding diaryl/α,β-unsaturated/α-hetero) is 1. The van der Waals surface area contributed by atoms with Crippen LogP contribution in [0.1, 0.15) is 52.2 Å². The van der Waals surface area contributed by atoms with Crippen LogP contribution < -0.4 is 0 Å². The summed E-state index contributed by atoms with van der Waals surface area (Å²) in [6.07, 6.45) is 4.23. The predicted octanol–water partition coefficient (Wildman–Crippen LogP) is 2.51. The van der Waals surface area contributed by atoms with Gasteiger partial charge in [-0.1, -0.05) is 19.9 Å². The Labute approximate surface area is 191 Å². The van der Waals surface area contributed by atoms with E-state index in [1.165, 1.54) is 18.6 Å². The van der Waals surface area contributed by atoms with Crippen LogP contribution in [0.4, 0.5) is 0 Å². The Bertz CT molecular complexity index is 1090. The van der Waals surface area contributed by atoms with Crippen molar-refractivity contribution in [2.24, 2.45) is 28.6 Å². The summed E-state index contributed by atoms with van der Waals surface area (Å²) in [5.41, 5.74) is -2.85. The molecule has 2 saturated carbocycles. The van der Waals surface area contributed by atoms with E-state index in [1.54, 1.807) is 12.1 Å². The first-order valence-corrected chi connectivity index (χ1v) is 11.5. The molecule has 0 unspecified atom stereocenters. The zero-order chi connectivity index (χ0) is 23.6. The molecule has 6 rings (SSSR count). The maximum Gasteiger partial charge on any atom is 0.339 e. The summed E-state index contributed by atoms with van der Waals surface area (Å²) < 4.78 is 22.9. The fourth-order valence-corrected chi connectivity index (χ4v) is 7.93. The van der Waals surface area contributed by atoms with E-state index in [0.29, 0.717) is 5.56 Å². The summed E-state index contributed by atoms with van der Waals surface area (Å²) in [5, 5.41) is 11.6. The lowest BCUT2D eigenvalue weighted by atomic mass is 9.42. The van der Waals surface area contributed by atoms with E-state index < -0.39 is 64.1 Å². The molecule has 1 aromatic heterocycles. The molecule has 0 aromatic carbocycles. The van der Waals surface area contributed by atoms with Gasteiger partial charge in [-0.05, 0) is 31.7 Å². The van der Waals surface area contributed by atoms with Crippen LogP contribution in [0.5, 0.6) is 0 Å². The first-order chi connectivity index (χ1) is 15.5. The first kappa shape index (κ1) is 21.1. The third-order valence-corrected chi connectivity index (χ3v) is 9.28. The molecule has 5 aliphatic rings. The molecule has 9 atom stereocenters. The predicted molar refractivity (Wildman–Crippen MR) is 111 cm³/mol. The van der Waals surface area contributed by atoms with Crippen molar-refractivity contribution >= 4 is 17.7 Å². The summed E-state index contributed by atoms with van der Waals surface area (Å²) in [6.45, 7) is 7.54. The van der Waals surface area contributed by atoms with E-state index in [2.05, 4.69) is 0 Å². The zero-order valence-electron chi connectivity index (χ0n) is 19.1. The minimum Gasteiger partial charge on any atom is -0.472 e. The lowest BCUT2D eigenvalue weighted by molar-refractivity contribution is -0.215. The molecular formula is C25H28O8. The molecule has 1 spiro atoms. The number of aliphatic hydroxyl groups excluding tert-OH is 1. The van der Waals surface area contributed by atoms with Crippen molar-refractivity contribution in [3.05, 3.63) is 36.3 Å². The van der Waals surface area contributed by atoms with Gasteiger partial charge in [0, 0.05) is 35.3 Å². The number of aliphatic hydroxyl groups is 1. The summed E-state index contributed by atoms with van der Waals surface area (Å²) in [5.74, 6) is -2.61. The molecule has 1 N–H and O–H groups in total. The van der Waals surface area contributed by atoms with Gasteiger partial charge < -0.3 is 23.7 Å². The highest BCUT2D eigenvalue weighted by atomic mass is 16.7. The SMILES string of the molecule is CC1(C)OC(=O)C=C[C@]2(C)[C@@H]3[C@@H](C(=O)C[C@@H]12)[C@@]12O[C@@H]1C(=O)O[C@@H](c1ccoc1)[C@]2(C)C[C@@H]3O. The van der Waals surface area contributed by atoms with Crippen LogP contribution in [0.2, 0.25) is 0 Å². The maximum atomic E-state index is 13.9. The van der Waals surface area contributed by atoms with Crippen LogP contribution in [0, 0.1) is 28.6 Å². The summed E-state index contributed by atoms with van der Waals surface area (Å²) >= 11 is 0. The van der Waals surface area contributed by atoms with Crippen molar-refractivity contribution in [2.75, 3.05) is 0 Å². The van der Waals surface area contributed by atoms with E-state index in [-0.39, 0.29) is 24.5 Å². The molecule has 2 aliphatic carbocycles. The Kier molecular flexibility index (Phi) is 3.94. The van der Waals surface area contributed by atoms with Gasteiger partial charge in [0.15, 0.2) is 6.10 Å². The van der Waals surface area contributed by atoms with Crippen LogP contribution in [-0.4, -0.2) is 46.2 Å². The summed E-state index contributed by atoms with van der Waals surface area (Å²) in [4.78, 5) is 39.1. The van der Waals surface area contributed by atoms with Crippen molar-refractivity contribution in [3.63, 3.8) is 0 Å². The smallest absolute Gasteiger partial charge is 0.339 e. The Morgan fingerprint density at radius 2 is 1.85 bits per heavy atom. The molecule has 4 heterocycles. The van der Waals surface area contributed by atoms with Gasteiger partial charge in [-0.3, -0.25) is 4.79 Å². The third kappa shape index (κ3) is 2.41. The molecule has 8 nitrogen and oxygen atoms in total. The number of cyclic esters (lactones) is 2. The average molecular weight is 456 g/mol. The number of furan rings is 1. The molecule has 3 aliphatic heterocycles. The quantitative estimate of drug-likeness (QED) is 0.506. The average Bonchev–Trinajstić information content (AvgIpc) is 3.29. The largest absolute Gasteiger partial charge is 0.472 e. The van der Waals surface area contributed by atoms with Gasteiger partial charge in [0.1, 0.15) is 23.1 Å². The zero-order valence-corrected chi connectivity index (χ0v) is 19.1. The molecule has 0 amide bonds. The number of hydrogen-bond acceptors (Lipinski definition) is 8. The number of hydrogen-bond donors (Lipinski definition) is 1. The number of carbonyl (C=O) groups is 3. The van der Waals surface area contributed by atoms with Crippen molar-refractivity contribution in [3.8, 4) is 0 Å². The summed E-state index contributed by atoms with van der Waals surface area (Å²) in [7, 11) is 0. The number of fused-ring (bicyclic) bond motifs is 3. The Morgan fingerprint density at radius 3 is 2.55 bits per heavy atom. The van der Waals surface area contributed by atoms with Gasteiger partial charge in [0.2, 0.25) is 0 Å². The van der Waals surface area contributed by atoms with Gasteiger partial charge in [-0.2, -0.15) is 0 Å². The van der Waals surface area contributed by atoms with E-state index in [1.807, 2.05) is 27.7 Å². The Hall–Kier alpha value is -2.45. The van der Waals surface area contributed by atoms with Crippen molar-refractivity contribution in [1.82, 2.24) is 0 Å². The number of carbonyl (C=O) groups excluding carboxylic acids is 3. The Morgan fingerprint density at radius 1 is 1.09 bits per heavy atom.